The molecule has 0 unspecified atom stereocenters. The molecule has 19 heavy (non-hydrogen) atoms. The molecule has 4 heteroatoms. The summed E-state index contributed by atoms with van der Waals surface area (Å²) in [5, 5.41) is 3.85. The molecule has 1 aromatic rings. The molecule has 0 radical (unpaired) electrons. The van der Waals surface area contributed by atoms with Gasteiger partial charge in [0.05, 0.1) is 0 Å². The smallest absolute Gasteiger partial charge is 0.135 e. The van der Waals surface area contributed by atoms with Gasteiger partial charge >= 0.3 is 0 Å². The van der Waals surface area contributed by atoms with E-state index in [2.05, 4.69) is 36.1 Å². The van der Waals surface area contributed by atoms with Gasteiger partial charge in [0.2, 0.25) is 0 Å². The molecule has 0 fully saturated rings. The molecule has 0 saturated heterocycles. The van der Waals surface area contributed by atoms with Gasteiger partial charge in [-0.1, -0.05) is 64.5 Å². The summed E-state index contributed by atoms with van der Waals surface area (Å²) in [7, 11) is 0. The predicted octanol–water partition coefficient (Wildman–Crippen LogP) is 5.03. The molecule has 0 spiro atoms. The van der Waals surface area contributed by atoms with Gasteiger partial charge in [-0.15, -0.1) is 0 Å². The molecular weight excluding hydrogens is 258 g/mol. The van der Waals surface area contributed by atoms with E-state index < -0.39 is 0 Å². The van der Waals surface area contributed by atoms with Gasteiger partial charge in [-0.05, 0) is 6.42 Å². The summed E-state index contributed by atoms with van der Waals surface area (Å²) in [4.78, 5) is 8.70. The highest BCUT2D eigenvalue weighted by atomic mass is 35.5. The van der Waals surface area contributed by atoms with E-state index in [0.717, 1.165) is 18.2 Å². The predicted molar refractivity (Wildman–Crippen MR) is 83.0 cm³/mol. The lowest BCUT2D eigenvalue weighted by Gasteiger charge is -2.09. The Balaban J connectivity index is 2.29. The Labute approximate surface area is 122 Å². The van der Waals surface area contributed by atoms with Crippen LogP contribution < -0.4 is 5.32 Å². The van der Waals surface area contributed by atoms with Gasteiger partial charge in [0.25, 0.3) is 0 Å². The third-order valence-electron chi connectivity index (χ3n) is 3.07. The molecule has 108 valence electrons. The molecule has 0 bridgehead atoms. The van der Waals surface area contributed by atoms with Crippen LogP contribution in [0, 0.1) is 0 Å². The topological polar surface area (TPSA) is 37.8 Å². The van der Waals surface area contributed by atoms with Gasteiger partial charge in [-0.2, -0.15) is 0 Å². The Hall–Kier alpha value is -0.830. The van der Waals surface area contributed by atoms with Crippen molar-refractivity contribution in [1.29, 1.82) is 0 Å². The third-order valence-corrected chi connectivity index (χ3v) is 3.26. The second-order valence-corrected chi connectivity index (χ2v) is 5.67. The fraction of sp³-hybridized carbons (Fsp3) is 0.733. The minimum Gasteiger partial charge on any atom is -0.370 e. The van der Waals surface area contributed by atoms with Gasteiger partial charge in [0.15, 0.2) is 0 Å². The lowest BCUT2D eigenvalue weighted by Crippen LogP contribution is -2.07. The number of hydrogen-bond acceptors (Lipinski definition) is 3. The van der Waals surface area contributed by atoms with Gasteiger partial charge in [-0.25, -0.2) is 9.97 Å². The van der Waals surface area contributed by atoms with Gasteiger partial charge in [-0.3, -0.25) is 0 Å². The van der Waals surface area contributed by atoms with Crippen molar-refractivity contribution < 1.29 is 0 Å². The van der Waals surface area contributed by atoms with Crippen LogP contribution >= 0.6 is 11.6 Å². The van der Waals surface area contributed by atoms with Crippen LogP contribution in [-0.2, 0) is 0 Å². The summed E-state index contributed by atoms with van der Waals surface area (Å²) < 4.78 is 0. The molecule has 0 amide bonds. The van der Waals surface area contributed by atoms with E-state index >= 15 is 0 Å². The normalized spacial score (nSPS) is 11.0. The number of aromatic nitrogens is 2. The van der Waals surface area contributed by atoms with Crippen LogP contribution in [0.15, 0.2) is 6.07 Å². The second-order valence-electron chi connectivity index (χ2n) is 5.28. The highest BCUT2D eigenvalue weighted by molar-refractivity contribution is 6.29. The number of halogens is 1. The fourth-order valence-corrected chi connectivity index (χ4v) is 2.10. The Morgan fingerprint density at radius 3 is 2.47 bits per heavy atom. The average molecular weight is 284 g/mol. The Bertz CT molecular complexity index is 366. The van der Waals surface area contributed by atoms with E-state index in [1.807, 2.05) is 0 Å². The number of rotatable bonds is 9. The van der Waals surface area contributed by atoms with Crippen molar-refractivity contribution in [2.24, 2.45) is 0 Å². The molecular formula is C15H26ClN3. The average Bonchev–Trinajstić information content (AvgIpc) is 2.37. The summed E-state index contributed by atoms with van der Waals surface area (Å²) in [5.74, 6) is 1.95. The molecule has 1 heterocycles. The minimum absolute atomic E-state index is 0.299. The zero-order chi connectivity index (χ0) is 14.1. The molecule has 1 aromatic heterocycles. The van der Waals surface area contributed by atoms with Crippen LogP contribution in [0.2, 0.25) is 5.15 Å². The maximum atomic E-state index is 6.00. The number of unbranched alkanes of at least 4 members (excludes halogenated alkanes) is 5. The number of nitrogens with zero attached hydrogens (tertiary/aromatic N) is 2. The summed E-state index contributed by atoms with van der Waals surface area (Å²) in [6.07, 6.45) is 7.80. The SMILES string of the molecule is CCCCCCCCNc1cc(Cl)nc(C(C)C)n1. The summed E-state index contributed by atoms with van der Waals surface area (Å²) in [6.45, 7) is 7.34. The second kappa shape index (κ2) is 9.13. The molecule has 0 aliphatic carbocycles. The van der Waals surface area contributed by atoms with Crippen molar-refractivity contribution in [3.63, 3.8) is 0 Å². The molecule has 1 N–H and O–H groups in total. The highest BCUT2D eigenvalue weighted by Gasteiger charge is 2.06. The van der Waals surface area contributed by atoms with Gasteiger partial charge < -0.3 is 5.32 Å². The molecule has 0 aliphatic heterocycles. The lowest BCUT2D eigenvalue weighted by molar-refractivity contribution is 0.616. The first kappa shape index (κ1) is 16.2. The summed E-state index contributed by atoms with van der Waals surface area (Å²) in [6, 6.07) is 1.80. The van der Waals surface area contributed by atoms with E-state index in [9.17, 15) is 0 Å². The molecule has 0 atom stereocenters. The van der Waals surface area contributed by atoms with Crippen LogP contribution in [0.5, 0.6) is 0 Å². The van der Waals surface area contributed by atoms with Crippen molar-refractivity contribution >= 4 is 17.4 Å². The van der Waals surface area contributed by atoms with E-state index in [4.69, 9.17) is 11.6 Å². The quantitative estimate of drug-likeness (QED) is 0.510. The van der Waals surface area contributed by atoms with E-state index in [-0.39, 0.29) is 0 Å². The van der Waals surface area contributed by atoms with Crippen LogP contribution in [-0.4, -0.2) is 16.5 Å². The van der Waals surface area contributed by atoms with E-state index in [1.54, 1.807) is 6.07 Å². The third kappa shape index (κ3) is 6.76. The molecule has 3 nitrogen and oxygen atoms in total. The van der Waals surface area contributed by atoms with Crippen molar-refractivity contribution in [2.75, 3.05) is 11.9 Å². The minimum atomic E-state index is 0.299. The first-order chi connectivity index (χ1) is 9.13. The van der Waals surface area contributed by atoms with E-state index in [1.165, 1.54) is 38.5 Å². The standard InChI is InChI=1S/C15H26ClN3/c1-4-5-6-7-8-9-10-17-14-11-13(16)18-15(19-14)12(2)3/h11-12H,4-10H2,1-3H3,(H,17,18,19). The lowest BCUT2D eigenvalue weighted by atomic mass is 10.1. The Morgan fingerprint density at radius 1 is 1.11 bits per heavy atom. The zero-order valence-corrected chi connectivity index (χ0v) is 13.1. The van der Waals surface area contributed by atoms with Crippen LogP contribution in [0.1, 0.15) is 71.0 Å². The van der Waals surface area contributed by atoms with Crippen LogP contribution in [0.4, 0.5) is 5.82 Å². The van der Waals surface area contributed by atoms with Crippen LogP contribution in [0.25, 0.3) is 0 Å². The Morgan fingerprint density at radius 2 is 1.79 bits per heavy atom. The zero-order valence-electron chi connectivity index (χ0n) is 12.4. The monoisotopic (exact) mass is 283 g/mol. The first-order valence-corrected chi connectivity index (χ1v) is 7.79. The van der Waals surface area contributed by atoms with Crippen molar-refractivity contribution in [1.82, 2.24) is 9.97 Å². The Kier molecular flexibility index (Phi) is 7.80. The van der Waals surface area contributed by atoms with Gasteiger partial charge in [0, 0.05) is 18.5 Å². The van der Waals surface area contributed by atoms with Crippen LogP contribution in [0.3, 0.4) is 0 Å². The maximum Gasteiger partial charge on any atom is 0.135 e. The summed E-state index contributed by atoms with van der Waals surface area (Å²) >= 11 is 6.00. The highest BCUT2D eigenvalue weighted by Crippen LogP contribution is 2.17. The molecule has 0 aliphatic rings. The molecule has 0 aromatic carbocycles. The molecule has 1 rings (SSSR count). The fourth-order valence-electron chi connectivity index (χ4n) is 1.91. The van der Waals surface area contributed by atoms with E-state index in [0.29, 0.717) is 11.1 Å². The largest absolute Gasteiger partial charge is 0.370 e. The number of nitrogens with one attached hydrogen (secondary N) is 1. The summed E-state index contributed by atoms with van der Waals surface area (Å²) in [5.41, 5.74) is 0. The van der Waals surface area contributed by atoms with Crippen molar-refractivity contribution in [3.05, 3.63) is 17.0 Å². The van der Waals surface area contributed by atoms with Crippen molar-refractivity contribution in [3.8, 4) is 0 Å². The first-order valence-electron chi connectivity index (χ1n) is 7.41. The maximum absolute atomic E-state index is 6.00. The van der Waals surface area contributed by atoms with Gasteiger partial charge in [0.1, 0.15) is 16.8 Å². The number of hydrogen-bond donors (Lipinski definition) is 1. The number of anilines is 1. The van der Waals surface area contributed by atoms with Crippen molar-refractivity contribution in [2.45, 2.75) is 65.2 Å². The molecule has 0 saturated carbocycles.